The average Bonchev–Trinajstić information content (AvgIpc) is 2.87. The van der Waals surface area contributed by atoms with Gasteiger partial charge < -0.3 is 20.9 Å². The van der Waals surface area contributed by atoms with Gasteiger partial charge in [-0.1, -0.05) is 24.8 Å². The molecule has 0 bridgehead atoms. The molecule has 0 atom stereocenters. The number of hydrogen-bond donors (Lipinski definition) is 3. The number of nitrogens with zero attached hydrogens (tertiary/aromatic N) is 4. The van der Waals surface area contributed by atoms with E-state index in [0.29, 0.717) is 29.9 Å². The quantitative estimate of drug-likeness (QED) is 0.416. The maximum atomic E-state index is 11.6. The molecule has 9 nitrogen and oxygen atoms in total. The van der Waals surface area contributed by atoms with E-state index >= 15 is 0 Å². The van der Waals surface area contributed by atoms with E-state index in [2.05, 4.69) is 55.7 Å². The van der Waals surface area contributed by atoms with E-state index in [-0.39, 0.29) is 11.8 Å². The Labute approximate surface area is 210 Å². The van der Waals surface area contributed by atoms with Crippen LogP contribution in [-0.2, 0) is 9.59 Å². The molecule has 0 spiro atoms. The number of aryl methyl sites for hydroxylation is 2. The Bertz CT molecular complexity index is 1350. The predicted octanol–water partition coefficient (Wildman–Crippen LogP) is 4.74. The molecule has 0 unspecified atom stereocenters. The summed E-state index contributed by atoms with van der Waals surface area (Å²) >= 11 is 0. The third-order valence-electron chi connectivity index (χ3n) is 5.90. The van der Waals surface area contributed by atoms with Crippen molar-refractivity contribution in [2.24, 2.45) is 0 Å². The fraction of sp³-hybridized carbons (Fsp3) is 0.222. The minimum atomic E-state index is -0.330. The summed E-state index contributed by atoms with van der Waals surface area (Å²) in [6.07, 6.45) is 5.89. The smallest absolute Gasteiger partial charge is 0.248 e. The number of rotatable bonds is 7. The van der Waals surface area contributed by atoms with E-state index in [1.165, 1.54) is 11.6 Å². The molecular weight excluding hydrogens is 454 g/mol. The summed E-state index contributed by atoms with van der Waals surface area (Å²) in [6.45, 7) is 10.4. The van der Waals surface area contributed by atoms with Crippen LogP contribution in [0.5, 0.6) is 0 Å². The Morgan fingerprint density at radius 1 is 1.06 bits per heavy atom. The minimum absolute atomic E-state index is 0.107. The van der Waals surface area contributed by atoms with Gasteiger partial charge in [0.25, 0.3) is 0 Å². The third kappa shape index (κ3) is 5.93. The monoisotopic (exact) mass is 483 g/mol. The first-order valence-corrected chi connectivity index (χ1v) is 11.7. The predicted molar refractivity (Wildman–Crippen MR) is 142 cm³/mol. The molecular formula is C27H29N7O2. The second-order valence-electron chi connectivity index (χ2n) is 8.55. The van der Waals surface area contributed by atoms with Crippen LogP contribution in [-0.4, -0.2) is 44.8 Å². The van der Waals surface area contributed by atoms with Crippen LogP contribution in [0.3, 0.4) is 0 Å². The Kier molecular flexibility index (Phi) is 7.39. The Morgan fingerprint density at radius 3 is 2.56 bits per heavy atom. The molecule has 1 aliphatic rings. The van der Waals surface area contributed by atoms with Gasteiger partial charge in [-0.25, -0.2) is 9.97 Å². The Morgan fingerprint density at radius 2 is 1.86 bits per heavy atom. The molecule has 2 amide bonds. The number of aromatic nitrogens is 3. The summed E-state index contributed by atoms with van der Waals surface area (Å²) in [6, 6.07) is 11.5. The lowest BCUT2D eigenvalue weighted by Crippen LogP contribution is -2.32. The van der Waals surface area contributed by atoms with Crippen LogP contribution in [0.25, 0.3) is 5.57 Å². The van der Waals surface area contributed by atoms with Crippen LogP contribution in [0, 0.1) is 13.8 Å². The molecule has 3 aromatic rings. The summed E-state index contributed by atoms with van der Waals surface area (Å²) in [4.78, 5) is 38.4. The molecule has 0 radical (unpaired) electrons. The molecule has 0 saturated heterocycles. The van der Waals surface area contributed by atoms with E-state index in [9.17, 15) is 9.59 Å². The van der Waals surface area contributed by atoms with Crippen LogP contribution in [0.4, 0.5) is 29.1 Å². The lowest BCUT2D eigenvalue weighted by molar-refractivity contribution is -0.128. The maximum Gasteiger partial charge on any atom is 0.248 e. The Hall–Kier alpha value is -4.53. The molecule has 0 fully saturated rings. The number of carbonyl (C=O) groups excluding carboxylic acids is 2. The highest BCUT2D eigenvalue weighted by Gasteiger charge is 2.15. The van der Waals surface area contributed by atoms with Crippen molar-refractivity contribution in [2.75, 3.05) is 29.0 Å². The van der Waals surface area contributed by atoms with E-state index in [1.54, 1.807) is 31.3 Å². The topological polar surface area (TPSA) is 112 Å². The van der Waals surface area contributed by atoms with Gasteiger partial charge in [-0.15, -0.1) is 0 Å². The highest BCUT2D eigenvalue weighted by Crippen LogP contribution is 2.28. The van der Waals surface area contributed by atoms with Gasteiger partial charge in [0, 0.05) is 37.5 Å². The van der Waals surface area contributed by atoms with Crippen LogP contribution in [0.2, 0.25) is 0 Å². The molecule has 1 aliphatic heterocycles. The fourth-order valence-electron chi connectivity index (χ4n) is 3.84. The summed E-state index contributed by atoms with van der Waals surface area (Å²) < 4.78 is 0. The van der Waals surface area contributed by atoms with Gasteiger partial charge in [0.05, 0.1) is 0 Å². The van der Waals surface area contributed by atoms with Crippen molar-refractivity contribution in [1.29, 1.82) is 0 Å². The molecule has 1 aromatic carbocycles. The summed E-state index contributed by atoms with van der Waals surface area (Å²) in [5, 5.41) is 9.14. The van der Waals surface area contributed by atoms with Crippen LogP contribution in [0.15, 0.2) is 61.3 Å². The number of pyridine rings is 1. The molecule has 0 aliphatic carbocycles. The number of benzene rings is 1. The van der Waals surface area contributed by atoms with Gasteiger partial charge in [0.15, 0.2) is 0 Å². The van der Waals surface area contributed by atoms with E-state index in [1.807, 2.05) is 24.8 Å². The van der Waals surface area contributed by atoms with Crippen molar-refractivity contribution >= 4 is 46.5 Å². The lowest BCUT2D eigenvalue weighted by Gasteiger charge is -2.25. The Balaban J connectivity index is 1.48. The molecule has 3 N–H and O–H groups in total. The molecule has 3 heterocycles. The zero-order valence-corrected chi connectivity index (χ0v) is 20.6. The van der Waals surface area contributed by atoms with E-state index in [0.717, 1.165) is 35.3 Å². The summed E-state index contributed by atoms with van der Waals surface area (Å²) in [5.41, 5.74) is 5.22. The fourth-order valence-corrected chi connectivity index (χ4v) is 3.84. The number of carbonyl (C=O) groups is 2. The van der Waals surface area contributed by atoms with E-state index in [4.69, 9.17) is 0 Å². The van der Waals surface area contributed by atoms with Gasteiger partial charge in [-0.2, -0.15) is 4.98 Å². The standard InChI is InChI=1S/C27H29N7O2/c1-5-25(36)31-23-7-6-8-24(30-23)32-26-18(3)16-28-27(33-26)29-22-10-9-21(15-17(22)2)20-11-13-34(14-12-20)19(4)35/h5-11,15-16H,1,12-14H2,2-4H3,(H3,28,29,30,31,32,33,36). The van der Waals surface area contributed by atoms with Gasteiger partial charge in [-0.3, -0.25) is 9.59 Å². The first-order chi connectivity index (χ1) is 17.3. The molecule has 184 valence electrons. The first kappa shape index (κ1) is 24.6. The SMILES string of the molecule is C=CC(=O)Nc1cccc(Nc2nc(Nc3ccc(C4=CCN(C(C)=O)CC4)cc3C)ncc2C)n1. The highest BCUT2D eigenvalue weighted by molar-refractivity contribution is 5.98. The van der Waals surface area contributed by atoms with Crippen molar-refractivity contribution in [1.82, 2.24) is 19.9 Å². The lowest BCUT2D eigenvalue weighted by atomic mass is 9.97. The number of hydrogen-bond acceptors (Lipinski definition) is 7. The van der Waals surface area contributed by atoms with E-state index < -0.39 is 0 Å². The van der Waals surface area contributed by atoms with Crippen molar-refractivity contribution < 1.29 is 9.59 Å². The van der Waals surface area contributed by atoms with Crippen LogP contribution in [0.1, 0.15) is 30.0 Å². The summed E-state index contributed by atoms with van der Waals surface area (Å²) in [5.74, 6) is 1.77. The normalized spacial score (nSPS) is 13.0. The van der Waals surface area contributed by atoms with Gasteiger partial charge in [0.1, 0.15) is 17.5 Å². The number of nitrogens with one attached hydrogen (secondary N) is 3. The highest BCUT2D eigenvalue weighted by atomic mass is 16.2. The zero-order valence-electron chi connectivity index (χ0n) is 20.6. The average molecular weight is 484 g/mol. The van der Waals surface area contributed by atoms with Crippen molar-refractivity contribution in [3.63, 3.8) is 0 Å². The van der Waals surface area contributed by atoms with Gasteiger partial charge in [0.2, 0.25) is 17.8 Å². The van der Waals surface area contributed by atoms with Gasteiger partial charge >= 0.3 is 0 Å². The van der Waals surface area contributed by atoms with Crippen molar-refractivity contribution in [3.05, 3.63) is 78.0 Å². The second kappa shape index (κ2) is 10.8. The maximum absolute atomic E-state index is 11.6. The summed E-state index contributed by atoms with van der Waals surface area (Å²) in [7, 11) is 0. The van der Waals surface area contributed by atoms with Crippen LogP contribution >= 0.6 is 0 Å². The molecule has 4 rings (SSSR count). The number of anilines is 5. The number of amides is 2. The second-order valence-corrected chi connectivity index (χ2v) is 8.55. The van der Waals surface area contributed by atoms with Gasteiger partial charge in [-0.05, 0) is 67.3 Å². The molecule has 9 heteroatoms. The minimum Gasteiger partial charge on any atom is -0.339 e. The van der Waals surface area contributed by atoms with Crippen LogP contribution < -0.4 is 16.0 Å². The molecule has 0 saturated carbocycles. The molecule has 36 heavy (non-hydrogen) atoms. The first-order valence-electron chi connectivity index (χ1n) is 11.7. The zero-order chi connectivity index (χ0) is 25.7. The van der Waals surface area contributed by atoms with Crippen molar-refractivity contribution in [3.8, 4) is 0 Å². The third-order valence-corrected chi connectivity index (χ3v) is 5.90. The molecule has 2 aromatic heterocycles. The largest absolute Gasteiger partial charge is 0.339 e. The van der Waals surface area contributed by atoms with Crippen molar-refractivity contribution in [2.45, 2.75) is 27.2 Å².